The van der Waals surface area contributed by atoms with Gasteiger partial charge in [0.15, 0.2) is 4.77 Å². The standard InChI is InChI=1S/C9H13N5OS/c15-8-11-12-9(16)14(8)5-2-1-4-13-6-3-10-7-13/h3,6-7H,1-2,4-5H2,(H,11,15)(H,12,16). The summed E-state index contributed by atoms with van der Waals surface area (Å²) in [7, 11) is 0. The molecule has 0 bridgehead atoms. The minimum atomic E-state index is -0.173. The Morgan fingerprint density at radius 2 is 2.12 bits per heavy atom. The Morgan fingerprint density at radius 3 is 2.75 bits per heavy atom. The van der Waals surface area contributed by atoms with Crippen molar-refractivity contribution in [1.29, 1.82) is 0 Å². The van der Waals surface area contributed by atoms with Crippen LogP contribution in [0.1, 0.15) is 12.8 Å². The van der Waals surface area contributed by atoms with Crippen molar-refractivity contribution < 1.29 is 0 Å². The Bertz CT molecular complexity index is 507. The van der Waals surface area contributed by atoms with Crippen LogP contribution in [0.4, 0.5) is 0 Å². The van der Waals surface area contributed by atoms with Crippen LogP contribution in [0.3, 0.4) is 0 Å². The summed E-state index contributed by atoms with van der Waals surface area (Å²) in [6.07, 6.45) is 7.37. The number of rotatable bonds is 5. The first-order valence-electron chi connectivity index (χ1n) is 5.10. The van der Waals surface area contributed by atoms with Crippen LogP contribution in [0.2, 0.25) is 0 Å². The molecule has 0 aliphatic heterocycles. The van der Waals surface area contributed by atoms with E-state index in [1.807, 2.05) is 10.8 Å². The van der Waals surface area contributed by atoms with E-state index >= 15 is 0 Å². The van der Waals surface area contributed by atoms with E-state index in [9.17, 15) is 4.79 Å². The molecule has 0 fully saturated rings. The van der Waals surface area contributed by atoms with Gasteiger partial charge in [-0.1, -0.05) is 0 Å². The summed E-state index contributed by atoms with van der Waals surface area (Å²) in [5.41, 5.74) is -0.173. The van der Waals surface area contributed by atoms with E-state index in [0.29, 0.717) is 11.3 Å². The summed E-state index contributed by atoms with van der Waals surface area (Å²) in [6, 6.07) is 0. The first-order chi connectivity index (χ1) is 7.77. The molecule has 0 aliphatic rings. The van der Waals surface area contributed by atoms with Gasteiger partial charge in [0.25, 0.3) is 0 Å². The molecular weight excluding hydrogens is 226 g/mol. The van der Waals surface area contributed by atoms with E-state index in [0.717, 1.165) is 19.4 Å². The van der Waals surface area contributed by atoms with Crippen LogP contribution in [0.5, 0.6) is 0 Å². The summed E-state index contributed by atoms with van der Waals surface area (Å²) in [6.45, 7) is 1.56. The molecule has 0 radical (unpaired) electrons. The van der Waals surface area contributed by atoms with Crippen molar-refractivity contribution >= 4 is 12.2 Å². The Labute approximate surface area is 96.9 Å². The van der Waals surface area contributed by atoms with Crippen LogP contribution < -0.4 is 5.69 Å². The van der Waals surface area contributed by atoms with Crippen LogP contribution in [-0.2, 0) is 13.1 Å². The van der Waals surface area contributed by atoms with Gasteiger partial charge in [0.1, 0.15) is 0 Å². The van der Waals surface area contributed by atoms with Crippen molar-refractivity contribution in [3.8, 4) is 0 Å². The van der Waals surface area contributed by atoms with Gasteiger partial charge >= 0.3 is 5.69 Å². The van der Waals surface area contributed by atoms with Crippen LogP contribution in [0.15, 0.2) is 23.5 Å². The second-order valence-electron chi connectivity index (χ2n) is 3.52. The summed E-state index contributed by atoms with van der Waals surface area (Å²) >= 11 is 4.96. The number of hydrogen-bond acceptors (Lipinski definition) is 3. The molecule has 7 heteroatoms. The highest BCUT2D eigenvalue weighted by atomic mass is 32.1. The average molecular weight is 239 g/mol. The number of H-pyrrole nitrogens is 2. The molecule has 2 heterocycles. The van der Waals surface area contributed by atoms with Crippen LogP contribution in [-0.4, -0.2) is 24.3 Å². The number of aromatic nitrogens is 5. The molecule has 86 valence electrons. The number of nitrogens with one attached hydrogen (secondary N) is 2. The van der Waals surface area contributed by atoms with Gasteiger partial charge in [-0.25, -0.2) is 14.9 Å². The highest BCUT2D eigenvalue weighted by Gasteiger charge is 1.99. The first kappa shape index (κ1) is 10.9. The minimum Gasteiger partial charge on any atom is -0.337 e. The van der Waals surface area contributed by atoms with Crippen molar-refractivity contribution in [2.75, 3.05) is 0 Å². The number of imidazole rings is 1. The maximum atomic E-state index is 11.3. The lowest BCUT2D eigenvalue weighted by molar-refractivity contribution is 0.542. The summed E-state index contributed by atoms with van der Waals surface area (Å²) in [5.74, 6) is 0. The van der Waals surface area contributed by atoms with E-state index in [2.05, 4.69) is 15.2 Å². The first-order valence-corrected chi connectivity index (χ1v) is 5.51. The highest BCUT2D eigenvalue weighted by Crippen LogP contribution is 1.97. The van der Waals surface area contributed by atoms with Crippen LogP contribution in [0.25, 0.3) is 0 Å². The molecule has 2 aromatic rings. The topological polar surface area (TPSA) is 71.4 Å². The number of hydrogen-bond donors (Lipinski definition) is 2. The predicted octanol–water partition coefficient (Wildman–Crippen LogP) is 0.911. The van der Waals surface area contributed by atoms with Crippen molar-refractivity contribution in [3.05, 3.63) is 34.0 Å². The number of aromatic amines is 2. The van der Waals surface area contributed by atoms with Crippen LogP contribution in [0, 0.1) is 4.77 Å². The molecule has 0 aromatic carbocycles. The monoisotopic (exact) mass is 239 g/mol. The fourth-order valence-corrected chi connectivity index (χ4v) is 1.75. The molecule has 6 nitrogen and oxygen atoms in total. The Balaban J connectivity index is 1.81. The molecule has 0 amide bonds. The highest BCUT2D eigenvalue weighted by molar-refractivity contribution is 7.71. The molecule has 0 atom stereocenters. The Hall–Kier alpha value is -1.63. The molecular formula is C9H13N5OS. The molecule has 0 aliphatic carbocycles. The van der Waals surface area contributed by atoms with Gasteiger partial charge in [0.2, 0.25) is 0 Å². The van der Waals surface area contributed by atoms with Gasteiger partial charge in [0, 0.05) is 25.5 Å². The lowest BCUT2D eigenvalue weighted by atomic mass is 10.3. The van der Waals surface area contributed by atoms with Crippen molar-refractivity contribution in [2.24, 2.45) is 0 Å². The molecule has 0 saturated heterocycles. The normalized spacial score (nSPS) is 10.8. The fourth-order valence-electron chi connectivity index (χ4n) is 1.52. The summed E-state index contributed by atoms with van der Waals surface area (Å²) < 4.78 is 4.00. The third kappa shape index (κ3) is 2.48. The van der Waals surface area contributed by atoms with Gasteiger partial charge in [-0.05, 0) is 25.1 Å². The van der Waals surface area contributed by atoms with E-state index < -0.39 is 0 Å². The fraction of sp³-hybridized carbons (Fsp3) is 0.444. The minimum absolute atomic E-state index is 0.173. The Kier molecular flexibility index (Phi) is 3.35. The molecule has 0 saturated carbocycles. The van der Waals surface area contributed by atoms with Crippen molar-refractivity contribution in [1.82, 2.24) is 24.3 Å². The quantitative estimate of drug-likeness (QED) is 0.602. The lowest BCUT2D eigenvalue weighted by Gasteiger charge is -2.02. The Morgan fingerprint density at radius 1 is 1.31 bits per heavy atom. The molecule has 0 unspecified atom stereocenters. The largest absolute Gasteiger partial charge is 0.342 e. The van der Waals surface area contributed by atoms with Crippen molar-refractivity contribution in [2.45, 2.75) is 25.9 Å². The van der Waals surface area contributed by atoms with E-state index in [1.54, 1.807) is 12.5 Å². The maximum absolute atomic E-state index is 11.3. The molecule has 2 aromatic heterocycles. The van der Waals surface area contributed by atoms with E-state index in [1.165, 1.54) is 4.57 Å². The summed E-state index contributed by atoms with van der Waals surface area (Å²) in [4.78, 5) is 15.2. The van der Waals surface area contributed by atoms with E-state index in [4.69, 9.17) is 12.2 Å². The number of aryl methyl sites for hydroxylation is 1. The zero-order valence-corrected chi connectivity index (χ0v) is 9.54. The van der Waals surface area contributed by atoms with Gasteiger partial charge in [0.05, 0.1) is 6.33 Å². The molecule has 2 rings (SSSR count). The predicted molar refractivity (Wildman–Crippen MR) is 61.7 cm³/mol. The zero-order chi connectivity index (χ0) is 11.4. The number of unbranched alkanes of at least 4 members (excludes halogenated alkanes) is 1. The molecule has 16 heavy (non-hydrogen) atoms. The lowest BCUT2D eigenvalue weighted by Crippen LogP contribution is -2.17. The van der Waals surface area contributed by atoms with Gasteiger partial charge in [-0.15, -0.1) is 0 Å². The average Bonchev–Trinajstić information content (AvgIpc) is 2.87. The number of nitrogens with zero attached hydrogens (tertiary/aromatic N) is 3. The third-order valence-corrected chi connectivity index (χ3v) is 2.70. The zero-order valence-electron chi connectivity index (χ0n) is 8.72. The second-order valence-corrected chi connectivity index (χ2v) is 3.91. The SMILES string of the molecule is O=c1[nH][nH]c(=S)n1CCCCn1ccnc1. The van der Waals surface area contributed by atoms with Gasteiger partial charge in [-0.3, -0.25) is 9.67 Å². The third-order valence-electron chi connectivity index (χ3n) is 2.37. The molecule has 2 N–H and O–H groups in total. The van der Waals surface area contributed by atoms with Crippen LogP contribution >= 0.6 is 12.2 Å². The second kappa shape index (κ2) is 4.93. The maximum Gasteiger partial charge on any atom is 0.342 e. The molecule has 0 spiro atoms. The summed E-state index contributed by atoms with van der Waals surface area (Å²) in [5, 5.41) is 5.07. The van der Waals surface area contributed by atoms with Crippen molar-refractivity contribution in [3.63, 3.8) is 0 Å². The smallest absolute Gasteiger partial charge is 0.337 e. The van der Waals surface area contributed by atoms with E-state index in [-0.39, 0.29) is 5.69 Å². The van der Waals surface area contributed by atoms with Gasteiger partial charge < -0.3 is 4.57 Å². The van der Waals surface area contributed by atoms with Gasteiger partial charge in [-0.2, -0.15) is 0 Å².